The number of benzene rings is 6. The molecule has 0 spiro atoms. The molecule has 0 N–H and O–H groups in total. The van der Waals surface area contributed by atoms with Crippen molar-refractivity contribution < 1.29 is 0 Å². The van der Waals surface area contributed by atoms with Crippen molar-refractivity contribution in [3.63, 3.8) is 0 Å². The van der Waals surface area contributed by atoms with Crippen LogP contribution in [0.15, 0.2) is 121 Å². The second-order valence-corrected chi connectivity index (χ2v) is 23.1. The van der Waals surface area contributed by atoms with Gasteiger partial charge >= 0.3 is 0 Å². The van der Waals surface area contributed by atoms with E-state index >= 15 is 0 Å². The van der Waals surface area contributed by atoms with E-state index in [1.54, 1.807) is 20.7 Å². The minimum atomic E-state index is -1.71. The van der Waals surface area contributed by atoms with Gasteiger partial charge in [0.2, 0.25) is 0 Å². The minimum Gasteiger partial charge on any atom is -0.135 e. The van der Waals surface area contributed by atoms with Crippen LogP contribution in [0.2, 0.25) is 26.2 Å². The average Bonchev–Trinajstić information content (AvgIpc) is 3.60. The van der Waals surface area contributed by atoms with Crippen LogP contribution in [0.5, 0.6) is 0 Å². The lowest BCUT2D eigenvalue weighted by Crippen LogP contribution is -2.49. The normalized spacial score (nSPS) is 15.3. The summed E-state index contributed by atoms with van der Waals surface area (Å²) in [5.41, 5.74) is 11.0. The molecule has 0 nitrogen and oxygen atoms in total. The molecule has 0 radical (unpaired) electrons. The first-order valence-corrected chi connectivity index (χ1v) is 22.1. The summed E-state index contributed by atoms with van der Waals surface area (Å²) in [5.74, 6) is 0. The predicted octanol–water partition coefficient (Wildman–Crippen LogP) is 8.99. The summed E-state index contributed by atoms with van der Waals surface area (Å²) in [6.45, 7) is 10.00. The third-order valence-corrected chi connectivity index (χ3v) is 18.5. The van der Waals surface area contributed by atoms with Gasteiger partial charge in [-0.2, -0.15) is 0 Å². The van der Waals surface area contributed by atoms with Gasteiger partial charge in [0.15, 0.2) is 0 Å². The lowest BCUT2D eigenvalue weighted by molar-refractivity contribution is 1.66. The quantitative estimate of drug-likeness (QED) is 0.174. The fourth-order valence-corrected chi connectivity index (χ4v) is 15.2. The lowest BCUT2D eigenvalue weighted by atomic mass is 9.97. The Morgan fingerprint density at radius 3 is 1.21 bits per heavy atom. The molecule has 0 saturated carbocycles. The summed E-state index contributed by atoms with van der Waals surface area (Å²) in [4.78, 5) is 0. The van der Waals surface area contributed by atoms with Crippen LogP contribution in [-0.2, 0) is 0 Å². The fraction of sp³-hybridized carbons (Fsp3) is 0.100. The van der Waals surface area contributed by atoms with Crippen LogP contribution in [0.3, 0.4) is 0 Å². The molecule has 7 aromatic rings. The molecule has 1 aromatic heterocycles. The van der Waals surface area contributed by atoms with Crippen LogP contribution in [-0.4, -0.2) is 16.1 Å². The largest absolute Gasteiger partial charge is 0.135 e. The van der Waals surface area contributed by atoms with Gasteiger partial charge in [0.1, 0.15) is 16.1 Å². The third kappa shape index (κ3) is 3.53. The Morgan fingerprint density at radius 1 is 0.372 bits per heavy atom. The molecule has 3 heteroatoms. The van der Waals surface area contributed by atoms with Crippen LogP contribution < -0.4 is 20.7 Å². The SMILES string of the molecule is C[Si]1(C)c2ccccc2-c2ccc(-c3ccc4sc5ccc(-c6ccc7c(c6)[Si](C)(C)c6ccccc6-7)cc5c4c3)cc21. The standard InChI is InChI=1S/C40H32SSi2/c1-42(2)37-11-7-5-9-29(37)31-17-13-27(23-39(31)42)25-15-19-35-33(21-25)34-22-26(16-20-36(34)41-35)28-14-18-32-30-10-6-8-12-38(30)43(3,4)40(32)24-28/h5-24H,1-4H3. The van der Waals surface area contributed by atoms with Gasteiger partial charge in [-0.3, -0.25) is 0 Å². The van der Waals surface area contributed by atoms with Gasteiger partial charge in [-0.15, -0.1) is 11.3 Å². The highest BCUT2D eigenvalue weighted by atomic mass is 32.1. The van der Waals surface area contributed by atoms with Gasteiger partial charge < -0.3 is 0 Å². The Labute approximate surface area is 259 Å². The molecule has 3 heterocycles. The highest BCUT2D eigenvalue weighted by Crippen LogP contribution is 2.40. The zero-order valence-electron chi connectivity index (χ0n) is 25.0. The molecule has 206 valence electrons. The molecule has 0 amide bonds. The second kappa shape index (κ2) is 8.76. The maximum Gasteiger partial charge on any atom is 0.113 e. The summed E-state index contributed by atoms with van der Waals surface area (Å²) >= 11 is 1.91. The van der Waals surface area contributed by atoms with Crippen molar-refractivity contribution in [3.8, 4) is 44.5 Å². The predicted molar refractivity (Wildman–Crippen MR) is 195 cm³/mol. The topological polar surface area (TPSA) is 0 Å². The number of thiophene rings is 1. The first kappa shape index (κ1) is 25.5. The van der Waals surface area contributed by atoms with Gasteiger partial charge in [-0.25, -0.2) is 0 Å². The molecular weight excluding hydrogens is 569 g/mol. The molecule has 0 atom stereocenters. The fourth-order valence-electron chi connectivity index (χ4n) is 7.90. The first-order chi connectivity index (χ1) is 20.8. The number of rotatable bonds is 2. The molecule has 0 aliphatic carbocycles. The molecule has 0 saturated heterocycles. The van der Waals surface area contributed by atoms with Crippen molar-refractivity contribution in [2.75, 3.05) is 0 Å². The van der Waals surface area contributed by atoms with E-state index in [2.05, 4.69) is 148 Å². The van der Waals surface area contributed by atoms with Gasteiger partial charge in [-0.05, 0) is 89.5 Å². The molecule has 2 aliphatic rings. The summed E-state index contributed by atoms with van der Waals surface area (Å²) < 4.78 is 2.72. The van der Waals surface area contributed by atoms with Crippen molar-refractivity contribution in [3.05, 3.63) is 121 Å². The Hall–Kier alpha value is -4.03. The van der Waals surface area contributed by atoms with E-state index in [0.717, 1.165) is 0 Å². The molecule has 0 unspecified atom stereocenters. The van der Waals surface area contributed by atoms with Crippen LogP contribution in [0, 0.1) is 0 Å². The van der Waals surface area contributed by atoms with E-state index < -0.39 is 16.1 Å². The zero-order valence-corrected chi connectivity index (χ0v) is 27.8. The van der Waals surface area contributed by atoms with E-state index in [0.29, 0.717) is 0 Å². The Kier molecular flexibility index (Phi) is 5.19. The number of hydrogen-bond acceptors (Lipinski definition) is 1. The van der Waals surface area contributed by atoms with E-state index in [9.17, 15) is 0 Å². The first-order valence-electron chi connectivity index (χ1n) is 15.3. The van der Waals surface area contributed by atoms with Crippen molar-refractivity contribution in [2.45, 2.75) is 26.2 Å². The van der Waals surface area contributed by atoms with Gasteiger partial charge in [0.25, 0.3) is 0 Å². The summed E-state index contributed by atoms with van der Waals surface area (Å²) in [5, 5.41) is 8.99. The Morgan fingerprint density at radius 2 is 0.744 bits per heavy atom. The lowest BCUT2D eigenvalue weighted by Gasteiger charge is -2.19. The monoisotopic (exact) mass is 600 g/mol. The van der Waals surface area contributed by atoms with E-state index in [4.69, 9.17) is 0 Å². The van der Waals surface area contributed by atoms with Crippen molar-refractivity contribution in [2.24, 2.45) is 0 Å². The molecular formula is C40H32SSi2. The van der Waals surface area contributed by atoms with E-state index in [1.165, 1.54) is 64.7 Å². The molecule has 0 bridgehead atoms. The van der Waals surface area contributed by atoms with Crippen LogP contribution >= 0.6 is 11.3 Å². The minimum absolute atomic E-state index is 1.31. The second-order valence-electron chi connectivity index (χ2n) is 13.4. The van der Waals surface area contributed by atoms with Crippen molar-refractivity contribution in [1.29, 1.82) is 0 Å². The number of hydrogen-bond donors (Lipinski definition) is 0. The van der Waals surface area contributed by atoms with Crippen molar-refractivity contribution >= 4 is 68.4 Å². The number of fused-ring (bicyclic) bond motifs is 9. The summed E-state index contributed by atoms with van der Waals surface area (Å²) in [6.07, 6.45) is 0. The van der Waals surface area contributed by atoms with Crippen LogP contribution in [0.4, 0.5) is 0 Å². The Balaban J connectivity index is 1.15. The average molecular weight is 601 g/mol. The zero-order chi connectivity index (χ0) is 29.1. The highest BCUT2D eigenvalue weighted by Gasteiger charge is 2.38. The third-order valence-electron chi connectivity index (χ3n) is 10.3. The highest BCUT2D eigenvalue weighted by molar-refractivity contribution is 7.25. The van der Waals surface area contributed by atoms with Gasteiger partial charge in [-0.1, -0.05) is 123 Å². The van der Waals surface area contributed by atoms with Crippen LogP contribution in [0.25, 0.3) is 64.7 Å². The maximum atomic E-state index is 2.50. The summed E-state index contributed by atoms with van der Waals surface area (Å²) in [6, 6.07) is 46.7. The van der Waals surface area contributed by atoms with E-state index in [-0.39, 0.29) is 0 Å². The smallest absolute Gasteiger partial charge is 0.113 e. The van der Waals surface area contributed by atoms with Gasteiger partial charge in [0.05, 0.1) is 0 Å². The molecule has 6 aromatic carbocycles. The molecule has 9 rings (SSSR count). The molecule has 0 fully saturated rings. The van der Waals surface area contributed by atoms with Crippen molar-refractivity contribution in [1.82, 2.24) is 0 Å². The van der Waals surface area contributed by atoms with E-state index in [1.807, 2.05) is 11.3 Å². The Bertz CT molecular complexity index is 2140. The van der Waals surface area contributed by atoms with Gasteiger partial charge in [0, 0.05) is 20.2 Å². The summed E-state index contributed by atoms with van der Waals surface area (Å²) in [7, 11) is -3.42. The molecule has 43 heavy (non-hydrogen) atoms. The molecule has 2 aliphatic heterocycles. The van der Waals surface area contributed by atoms with Crippen LogP contribution in [0.1, 0.15) is 0 Å². The maximum absolute atomic E-state index is 2.50.